The number of nitrogens with one attached hydrogen (secondary N) is 1. The fourth-order valence-corrected chi connectivity index (χ4v) is 1.45. The molecule has 0 aromatic heterocycles. The number of carbonyl (C=O) groups excluding carboxylic acids is 2. The Balaban J connectivity index is 2.58. The summed E-state index contributed by atoms with van der Waals surface area (Å²) in [5.41, 5.74) is -0.320. The van der Waals surface area contributed by atoms with Crippen LogP contribution in [0.3, 0.4) is 0 Å². The summed E-state index contributed by atoms with van der Waals surface area (Å²) in [5, 5.41) is 2.31. The predicted octanol–water partition coefficient (Wildman–Crippen LogP) is 2.43. The minimum absolute atomic E-state index is 0.278. The number of unbranched alkanes of at least 4 members (excludes halogenated alkanes) is 1. The number of rotatable bonds is 6. The quantitative estimate of drug-likeness (QED) is 0.645. The van der Waals surface area contributed by atoms with Crippen LogP contribution < -0.4 is 5.32 Å². The van der Waals surface area contributed by atoms with Crippen molar-refractivity contribution in [1.82, 2.24) is 5.32 Å². The van der Waals surface area contributed by atoms with E-state index in [0.717, 1.165) is 25.0 Å². The molecule has 6 heteroatoms. The zero-order chi connectivity index (χ0) is 15.1. The number of halogens is 2. The van der Waals surface area contributed by atoms with Gasteiger partial charge >= 0.3 is 5.97 Å². The van der Waals surface area contributed by atoms with Crippen molar-refractivity contribution in [3.8, 4) is 0 Å². The molecule has 0 saturated carbocycles. The molecule has 0 radical (unpaired) electrons. The van der Waals surface area contributed by atoms with Crippen LogP contribution >= 0.6 is 0 Å². The van der Waals surface area contributed by atoms with E-state index in [-0.39, 0.29) is 12.2 Å². The van der Waals surface area contributed by atoms with Gasteiger partial charge in [-0.1, -0.05) is 13.3 Å². The van der Waals surface area contributed by atoms with E-state index < -0.39 is 29.6 Å². The van der Waals surface area contributed by atoms with Crippen LogP contribution in [0.4, 0.5) is 8.78 Å². The summed E-state index contributed by atoms with van der Waals surface area (Å²) in [4.78, 5) is 23.3. The fourth-order valence-electron chi connectivity index (χ4n) is 1.45. The molecule has 0 aliphatic rings. The highest BCUT2D eigenvalue weighted by atomic mass is 19.1. The van der Waals surface area contributed by atoms with Crippen molar-refractivity contribution in [3.63, 3.8) is 0 Å². The molecular formula is C14H17F2NO3. The van der Waals surface area contributed by atoms with Crippen molar-refractivity contribution in [3.05, 3.63) is 35.4 Å². The molecule has 1 aromatic rings. The van der Waals surface area contributed by atoms with Gasteiger partial charge in [0.1, 0.15) is 17.7 Å². The highest BCUT2D eigenvalue weighted by Gasteiger charge is 2.20. The number of benzene rings is 1. The van der Waals surface area contributed by atoms with Crippen LogP contribution in [0.1, 0.15) is 37.0 Å². The van der Waals surface area contributed by atoms with Crippen LogP contribution in [0.15, 0.2) is 18.2 Å². The van der Waals surface area contributed by atoms with Crippen molar-refractivity contribution in [2.45, 2.75) is 32.7 Å². The fraction of sp³-hybridized carbons (Fsp3) is 0.429. The third-order valence-corrected chi connectivity index (χ3v) is 2.62. The smallest absolute Gasteiger partial charge is 0.328 e. The number of hydrogen-bond acceptors (Lipinski definition) is 3. The largest absolute Gasteiger partial charge is 0.464 e. The normalized spacial score (nSPS) is 11.8. The highest BCUT2D eigenvalue weighted by molar-refractivity contribution is 5.96. The third kappa shape index (κ3) is 4.60. The van der Waals surface area contributed by atoms with Crippen molar-refractivity contribution < 1.29 is 23.1 Å². The molecule has 0 fully saturated rings. The molecule has 1 atom stereocenters. The predicted molar refractivity (Wildman–Crippen MR) is 69.2 cm³/mol. The van der Waals surface area contributed by atoms with Crippen molar-refractivity contribution in [2.75, 3.05) is 6.61 Å². The lowest BCUT2D eigenvalue weighted by molar-refractivity contribution is -0.145. The van der Waals surface area contributed by atoms with E-state index in [2.05, 4.69) is 5.32 Å². The summed E-state index contributed by atoms with van der Waals surface area (Å²) in [6.07, 6.45) is 1.62. The molecule has 20 heavy (non-hydrogen) atoms. The van der Waals surface area contributed by atoms with Gasteiger partial charge in [-0.25, -0.2) is 13.6 Å². The van der Waals surface area contributed by atoms with E-state index in [4.69, 9.17) is 4.74 Å². The lowest BCUT2D eigenvalue weighted by Gasteiger charge is -2.13. The van der Waals surface area contributed by atoms with Crippen LogP contribution in [-0.4, -0.2) is 24.5 Å². The van der Waals surface area contributed by atoms with Gasteiger partial charge < -0.3 is 10.1 Å². The Morgan fingerprint density at radius 2 is 2.05 bits per heavy atom. The van der Waals surface area contributed by atoms with Crippen LogP contribution in [0, 0.1) is 11.6 Å². The van der Waals surface area contributed by atoms with Gasteiger partial charge in [0.2, 0.25) is 0 Å². The van der Waals surface area contributed by atoms with E-state index in [1.54, 1.807) is 0 Å². The van der Waals surface area contributed by atoms with Crippen molar-refractivity contribution in [2.24, 2.45) is 0 Å². The van der Waals surface area contributed by atoms with E-state index in [9.17, 15) is 18.4 Å². The first-order chi connectivity index (χ1) is 9.45. The molecular weight excluding hydrogens is 268 g/mol. The number of amides is 1. The first-order valence-corrected chi connectivity index (χ1v) is 6.38. The Hall–Kier alpha value is -1.98. The molecule has 0 heterocycles. The first-order valence-electron chi connectivity index (χ1n) is 6.38. The maximum Gasteiger partial charge on any atom is 0.328 e. The highest BCUT2D eigenvalue weighted by Crippen LogP contribution is 2.09. The molecule has 1 unspecified atom stereocenters. The molecule has 1 N–H and O–H groups in total. The number of esters is 1. The Morgan fingerprint density at radius 1 is 1.35 bits per heavy atom. The Kier molecular flexibility index (Phi) is 6.09. The second-order valence-electron chi connectivity index (χ2n) is 4.34. The summed E-state index contributed by atoms with van der Waals surface area (Å²) < 4.78 is 31.0. The Morgan fingerprint density at radius 3 is 2.65 bits per heavy atom. The van der Waals surface area contributed by atoms with Gasteiger partial charge in [-0.3, -0.25) is 4.79 Å². The summed E-state index contributed by atoms with van der Waals surface area (Å²) in [7, 11) is 0. The molecule has 110 valence electrons. The van der Waals surface area contributed by atoms with E-state index in [1.165, 1.54) is 6.92 Å². The van der Waals surface area contributed by atoms with Crippen molar-refractivity contribution in [1.29, 1.82) is 0 Å². The average Bonchev–Trinajstić information content (AvgIpc) is 2.38. The van der Waals surface area contributed by atoms with Gasteiger partial charge in [-0.15, -0.1) is 0 Å². The maximum absolute atomic E-state index is 13.4. The second-order valence-corrected chi connectivity index (χ2v) is 4.34. The third-order valence-electron chi connectivity index (χ3n) is 2.62. The van der Waals surface area contributed by atoms with E-state index >= 15 is 0 Å². The van der Waals surface area contributed by atoms with Gasteiger partial charge in [0.05, 0.1) is 12.2 Å². The SMILES string of the molecule is CCCCOC(=O)C(C)NC(=O)c1ccc(F)cc1F. The Bertz CT molecular complexity index is 491. The summed E-state index contributed by atoms with van der Waals surface area (Å²) in [5.74, 6) is -3.13. The molecule has 0 bridgehead atoms. The van der Waals surface area contributed by atoms with Gasteiger partial charge in [0.25, 0.3) is 5.91 Å². The molecule has 0 aliphatic heterocycles. The average molecular weight is 285 g/mol. The van der Waals surface area contributed by atoms with Gasteiger partial charge in [0.15, 0.2) is 0 Å². The zero-order valence-electron chi connectivity index (χ0n) is 11.4. The van der Waals surface area contributed by atoms with Gasteiger partial charge in [0, 0.05) is 6.07 Å². The van der Waals surface area contributed by atoms with E-state index in [1.807, 2.05) is 6.92 Å². The lowest BCUT2D eigenvalue weighted by Crippen LogP contribution is -2.40. The summed E-state index contributed by atoms with van der Waals surface area (Å²) in [6, 6.07) is 1.71. The summed E-state index contributed by atoms with van der Waals surface area (Å²) >= 11 is 0. The van der Waals surface area contributed by atoms with E-state index in [0.29, 0.717) is 6.07 Å². The minimum atomic E-state index is -0.978. The minimum Gasteiger partial charge on any atom is -0.464 e. The van der Waals surface area contributed by atoms with Crippen LogP contribution in [-0.2, 0) is 9.53 Å². The molecule has 0 spiro atoms. The molecule has 0 aliphatic carbocycles. The molecule has 0 saturated heterocycles. The number of ether oxygens (including phenoxy) is 1. The Labute approximate surface area is 116 Å². The topological polar surface area (TPSA) is 55.4 Å². The maximum atomic E-state index is 13.4. The first kappa shape index (κ1) is 16.1. The van der Waals surface area contributed by atoms with Crippen molar-refractivity contribution >= 4 is 11.9 Å². The lowest BCUT2D eigenvalue weighted by atomic mass is 10.2. The van der Waals surface area contributed by atoms with Gasteiger partial charge in [-0.2, -0.15) is 0 Å². The number of hydrogen-bond donors (Lipinski definition) is 1. The van der Waals surface area contributed by atoms with Crippen LogP contribution in [0.5, 0.6) is 0 Å². The van der Waals surface area contributed by atoms with Gasteiger partial charge in [-0.05, 0) is 25.5 Å². The zero-order valence-corrected chi connectivity index (χ0v) is 11.4. The molecule has 1 aromatic carbocycles. The van der Waals surface area contributed by atoms with Crippen LogP contribution in [0.25, 0.3) is 0 Å². The standard InChI is InChI=1S/C14H17F2NO3/c1-3-4-7-20-14(19)9(2)17-13(18)11-6-5-10(15)8-12(11)16/h5-6,8-9H,3-4,7H2,1-2H3,(H,17,18). The molecule has 4 nitrogen and oxygen atoms in total. The molecule has 1 rings (SSSR count). The van der Waals surface area contributed by atoms with Crippen LogP contribution in [0.2, 0.25) is 0 Å². The molecule has 1 amide bonds. The second kappa shape index (κ2) is 7.57. The summed E-state index contributed by atoms with van der Waals surface area (Å²) in [6.45, 7) is 3.67. The monoisotopic (exact) mass is 285 g/mol. The number of carbonyl (C=O) groups is 2.